The number of benzene rings is 3. The molecule has 1 atom stereocenters. The summed E-state index contributed by atoms with van der Waals surface area (Å²) in [6, 6.07) is 15.2. The van der Waals surface area contributed by atoms with Crippen LogP contribution in [0.2, 0.25) is 10.0 Å². The van der Waals surface area contributed by atoms with Gasteiger partial charge in [0.25, 0.3) is 0 Å². The molecule has 0 heterocycles. The summed E-state index contributed by atoms with van der Waals surface area (Å²) in [7, 11) is -4.14. The number of nitrogens with one attached hydrogen (secondary N) is 1. The van der Waals surface area contributed by atoms with Gasteiger partial charge < -0.3 is 10.2 Å². The highest BCUT2D eigenvalue weighted by Gasteiger charge is 2.34. The Bertz CT molecular complexity index is 1520. The third-order valence-electron chi connectivity index (χ3n) is 5.98. The van der Waals surface area contributed by atoms with Crippen LogP contribution in [-0.2, 0) is 32.6 Å². The van der Waals surface area contributed by atoms with Gasteiger partial charge in [-0.25, -0.2) is 17.2 Å². The second kappa shape index (κ2) is 13.2. The van der Waals surface area contributed by atoms with Gasteiger partial charge in [0.2, 0.25) is 21.8 Å². The normalized spacial score (nSPS) is 12.5. The van der Waals surface area contributed by atoms with Gasteiger partial charge in [-0.2, -0.15) is 0 Å². The Labute approximate surface area is 249 Å². The number of carbonyl (C=O) groups excluding carboxylic acids is 2. The lowest BCUT2D eigenvalue weighted by molar-refractivity contribution is -0.140. The average Bonchev–Trinajstić information content (AvgIpc) is 2.87. The van der Waals surface area contributed by atoms with Crippen molar-refractivity contribution in [3.8, 4) is 0 Å². The third kappa shape index (κ3) is 9.14. The number of halogens is 4. The molecule has 2 amide bonds. The molecule has 3 aromatic carbocycles. The van der Waals surface area contributed by atoms with E-state index in [0.717, 1.165) is 24.0 Å². The zero-order chi connectivity index (χ0) is 30.5. The fourth-order valence-corrected chi connectivity index (χ4v) is 5.26. The van der Waals surface area contributed by atoms with E-state index in [4.69, 9.17) is 23.2 Å². The number of sulfonamides is 1. The Morgan fingerprint density at radius 1 is 0.902 bits per heavy atom. The molecule has 0 spiro atoms. The first-order valence-corrected chi connectivity index (χ1v) is 15.2. The lowest BCUT2D eigenvalue weighted by Gasteiger charge is -2.35. The number of rotatable bonds is 10. The van der Waals surface area contributed by atoms with Gasteiger partial charge in [-0.1, -0.05) is 59.6 Å². The highest BCUT2D eigenvalue weighted by molar-refractivity contribution is 7.92. The van der Waals surface area contributed by atoms with Crippen molar-refractivity contribution in [1.82, 2.24) is 10.2 Å². The Balaban J connectivity index is 2.10. The highest BCUT2D eigenvalue weighted by atomic mass is 35.5. The Hall–Kier alpha value is -3.21. The van der Waals surface area contributed by atoms with E-state index in [-0.39, 0.29) is 23.7 Å². The summed E-state index contributed by atoms with van der Waals surface area (Å²) in [6.45, 7) is 4.48. The molecule has 12 heteroatoms. The van der Waals surface area contributed by atoms with Crippen LogP contribution in [0.4, 0.5) is 14.5 Å². The fraction of sp³-hybridized carbons (Fsp3) is 0.310. The van der Waals surface area contributed by atoms with Gasteiger partial charge in [0.1, 0.15) is 12.6 Å². The highest BCUT2D eigenvalue weighted by Crippen LogP contribution is 2.26. The summed E-state index contributed by atoms with van der Waals surface area (Å²) in [4.78, 5) is 28.9. The van der Waals surface area contributed by atoms with Gasteiger partial charge in [0, 0.05) is 24.6 Å². The molecule has 0 aromatic heterocycles. The zero-order valence-electron chi connectivity index (χ0n) is 23.0. The molecular weight excluding hydrogens is 595 g/mol. The molecule has 41 heavy (non-hydrogen) atoms. The number of amides is 2. The van der Waals surface area contributed by atoms with Gasteiger partial charge in [0.05, 0.1) is 22.0 Å². The molecule has 0 aliphatic rings. The van der Waals surface area contributed by atoms with E-state index in [1.807, 2.05) is 18.2 Å². The minimum Gasteiger partial charge on any atom is -0.350 e. The SMILES string of the molecule is CC(C)(C)NC(=O)[C@H](Cc1ccccc1)N(Cc1ccc(Cl)c(Cl)c1)C(=O)CN(c1ccc(F)c(F)c1)S(C)(=O)=O. The predicted octanol–water partition coefficient (Wildman–Crippen LogP) is 5.59. The zero-order valence-corrected chi connectivity index (χ0v) is 25.3. The van der Waals surface area contributed by atoms with Gasteiger partial charge in [0.15, 0.2) is 11.6 Å². The van der Waals surface area contributed by atoms with Crippen LogP contribution in [0.25, 0.3) is 0 Å². The molecule has 0 bridgehead atoms. The smallest absolute Gasteiger partial charge is 0.244 e. The molecule has 0 saturated carbocycles. The molecule has 0 fully saturated rings. The van der Waals surface area contributed by atoms with Crippen LogP contribution in [0.5, 0.6) is 0 Å². The van der Waals surface area contributed by atoms with Gasteiger partial charge >= 0.3 is 0 Å². The first-order valence-electron chi connectivity index (χ1n) is 12.6. The molecule has 0 aliphatic heterocycles. The van der Waals surface area contributed by atoms with E-state index in [9.17, 15) is 26.8 Å². The van der Waals surface area contributed by atoms with E-state index < -0.39 is 51.6 Å². The van der Waals surface area contributed by atoms with Crippen molar-refractivity contribution in [3.05, 3.63) is 99.5 Å². The van der Waals surface area contributed by atoms with Gasteiger partial charge in [-0.15, -0.1) is 0 Å². The predicted molar refractivity (Wildman–Crippen MR) is 157 cm³/mol. The van der Waals surface area contributed by atoms with Crippen LogP contribution < -0.4 is 9.62 Å². The second-order valence-electron chi connectivity index (χ2n) is 10.6. The molecule has 3 aromatic rings. The standard InChI is InChI=1S/C29H31Cl2F2N3O4S/c1-29(2,3)34-28(38)26(15-19-8-6-5-7-9-19)35(17-20-10-12-22(30)23(31)14-20)27(37)18-36(41(4,39)40)21-11-13-24(32)25(33)16-21/h5-14,16,26H,15,17-18H2,1-4H3,(H,34,38)/t26-/m0/s1. The number of nitrogens with zero attached hydrogens (tertiary/aromatic N) is 2. The molecule has 7 nitrogen and oxygen atoms in total. The molecule has 0 radical (unpaired) electrons. The first kappa shape index (κ1) is 32.3. The van der Waals surface area contributed by atoms with Crippen LogP contribution in [-0.4, -0.2) is 49.5 Å². The molecule has 1 N–H and O–H groups in total. The summed E-state index contributed by atoms with van der Waals surface area (Å²) in [5, 5.41) is 3.43. The van der Waals surface area contributed by atoms with Crippen LogP contribution in [0.1, 0.15) is 31.9 Å². The van der Waals surface area contributed by atoms with Crippen molar-refractivity contribution < 1.29 is 26.8 Å². The maximum absolute atomic E-state index is 14.0. The Kier molecular flexibility index (Phi) is 10.4. The molecule has 0 aliphatic carbocycles. The largest absolute Gasteiger partial charge is 0.350 e. The molecule has 3 rings (SSSR count). The van der Waals surface area contributed by atoms with Crippen molar-refractivity contribution in [2.45, 2.75) is 45.3 Å². The summed E-state index contributed by atoms with van der Waals surface area (Å²) in [6.07, 6.45) is 0.957. The van der Waals surface area contributed by atoms with Crippen molar-refractivity contribution in [3.63, 3.8) is 0 Å². The van der Waals surface area contributed by atoms with Crippen LogP contribution in [0.3, 0.4) is 0 Å². The maximum Gasteiger partial charge on any atom is 0.244 e. The third-order valence-corrected chi connectivity index (χ3v) is 7.86. The number of anilines is 1. The van der Waals surface area contributed by atoms with Gasteiger partial charge in [-0.3, -0.25) is 13.9 Å². The average molecular weight is 627 g/mol. The first-order chi connectivity index (χ1) is 19.0. The molecule has 0 unspecified atom stereocenters. The molecule has 0 saturated heterocycles. The van der Waals surface area contributed by atoms with E-state index in [1.54, 1.807) is 51.1 Å². The Morgan fingerprint density at radius 2 is 1.56 bits per heavy atom. The monoisotopic (exact) mass is 625 g/mol. The lowest BCUT2D eigenvalue weighted by Crippen LogP contribution is -2.56. The summed E-state index contributed by atoms with van der Waals surface area (Å²) in [5.74, 6) is -3.66. The van der Waals surface area contributed by atoms with Crippen molar-refractivity contribution in [2.75, 3.05) is 17.1 Å². The summed E-state index contributed by atoms with van der Waals surface area (Å²) in [5.41, 5.74) is 0.407. The van der Waals surface area contributed by atoms with Crippen molar-refractivity contribution >= 4 is 50.7 Å². The van der Waals surface area contributed by atoms with E-state index in [2.05, 4.69) is 5.32 Å². The fourth-order valence-electron chi connectivity index (χ4n) is 4.10. The van der Waals surface area contributed by atoms with Gasteiger partial charge in [-0.05, 0) is 56.2 Å². The van der Waals surface area contributed by atoms with Crippen molar-refractivity contribution in [2.24, 2.45) is 0 Å². The summed E-state index contributed by atoms with van der Waals surface area (Å²) >= 11 is 12.3. The maximum atomic E-state index is 14.0. The van der Waals surface area contributed by atoms with E-state index in [1.165, 1.54) is 4.90 Å². The molecular formula is C29H31Cl2F2N3O4S. The van der Waals surface area contributed by atoms with Crippen LogP contribution >= 0.6 is 23.2 Å². The van der Waals surface area contributed by atoms with Crippen LogP contribution in [0.15, 0.2) is 66.7 Å². The van der Waals surface area contributed by atoms with Crippen molar-refractivity contribution in [1.29, 1.82) is 0 Å². The van der Waals surface area contributed by atoms with E-state index >= 15 is 0 Å². The van der Waals surface area contributed by atoms with Crippen LogP contribution in [0, 0.1) is 11.6 Å². The number of carbonyl (C=O) groups is 2. The second-order valence-corrected chi connectivity index (χ2v) is 13.3. The number of hydrogen-bond donors (Lipinski definition) is 1. The Morgan fingerprint density at radius 3 is 2.12 bits per heavy atom. The number of hydrogen-bond acceptors (Lipinski definition) is 4. The quantitative estimate of drug-likeness (QED) is 0.318. The topological polar surface area (TPSA) is 86.8 Å². The minimum absolute atomic E-state index is 0.111. The summed E-state index contributed by atoms with van der Waals surface area (Å²) < 4.78 is 53.8. The molecule has 220 valence electrons. The minimum atomic E-state index is -4.14. The lowest BCUT2D eigenvalue weighted by atomic mass is 10.0. The van der Waals surface area contributed by atoms with E-state index in [0.29, 0.717) is 21.0 Å².